The van der Waals surface area contributed by atoms with Crippen LogP contribution in [0.15, 0.2) is 43.0 Å². The first-order chi connectivity index (χ1) is 10.6. The maximum Gasteiger partial charge on any atom is 0.321 e. The Bertz CT molecular complexity index is 532. The lowest BCUT2D eigenvalue weighted by atomic mass is 9.95. The Hall–Kier alpha value is -2.18. The van der Waals surface area contributed by atoms with E-state index in [-0.39, 0.29) is 24.4 Å². The molecule has 1 aliphatic heterocycles. The first-order valence-corrected chi connectivity index (χ1v) is 7.31. The predicted octanol–water partition coefficient (Wildman–Crippen LogP) is 0.425. The summed E-state index contributed by atoms with van der Waals surface area (Å²) in [5, 5.41) is 4.79. The Morgan fingerprint density at radius 1 is 1.32 bits per heavy atom. The largest absolute Gasteiger partial charge is 0.334 e. The van der Waals surface area contributed by atoms with Crippen molar-refractivity contribution >= 4 is 11.9 Å². The van der Waals surface area contributed by atoms with E-state index in [9.17, 15) is 9.59 Å². The van der Waals surface area contributed by atoms with Gasteiger partial charge >= 0.3 is 6.03 Å². The number of urea groups is 1. The second-order valence-electron chi connectivity index (χ2n) is 5.42. The fourth-order valence-corrected chi connectivity index (χ4v) is 2.67. The molecule has 118 valence electrons. The molecule has 2 rings (SSSR count). The van der Waals surface area contributed by atoms with Crippen molar-refractivity contribution in [3.8, 4) is 0 Å². The highest BCUT2D eigenvalue weighted by Crippen LogP contribution is 2.25. The van der Waals surface area contributed by atoms with Crippen LogP contribution in [-0.2, 0) is 4.79 Å². The summed E-state index contributed by atoms with van der Waals surface area (Å²) in [6.45, 7) is 5.33. The summed E-state index contributed by atoms with van der Waals surface area (Å²) in [4.78, 5) is 25.2. The minimum atomic E-state index is -0.506. The first-order valence-electron chi connectivity index (χ1n) is 7.31. The van der Waals surface area contributed by atoms with Crippen LogP contribution in [0.1, 0.15) is 11.5 Å². The Balaban J connectivity index is 1.83. The maximum absolute atomic E-state index is 11.8. The van der Waals surface area contributed by atoms with Crippen molar-refractivity contribution in [1.82, 2.24) is 15.5 Å². The topological polar surface area (TPSA) is 87.5 Å². The van der Waals surface area contributed by atoms with E-state index >= 15 is 0 Å². The molecular formula is C16H22N4O2. The van der Waals surface area contributed by atoms with E-state index in [2.05, 4.69) is 29.3 Å². The highest BCUT2D eigenvalue weighted by Gasteiger charge is 2.32. The van der Waals surface area contributed by atoms with Crippen molar-refractivity contribution in [2.75, 3.05) is 26.2 Å². The third kappa shape index (κ3) is 4.41. The van der Waals surface area contributed by atoms with Crippen LogP contribution in [0.25, 0.3) is 0 Å². The monoisotopic (exact) mass is 302 g/mol. The summed E-state index contributed by atoms with van der Waals surface area (Å²) in [5.74, 6) is -0.119. The van der Waals surface area contributed by atoms with E-state index in [1.165, 1.54) is 5.56 Å². The van der Waals surface area contributed by atoms with E-state index in [4.69, 9.17) is 5.73 Å². The molecule has 2 atom stereocenters. The quantitative estimate of drug-likeness (QED) is 0.688. The molecule has 6 nitrogen and oxygen atoms in total. The molecule has 1 saturated heterocycles. The summed E-state index contributed by atoms with van der Waals surface area (Å²) in [7, 11) is 0. The van der Waals surface area contributed by atoms with Crippen LogP contribution in [0.3, 0.4) is 0 Å². The van der Waals surface area contributed by atoms with Gasteiger partial charge in [-0.2, -0.15) is 0 Å². The Morgan fingerprint density at radius 3 is 2.73 bits per heavy atom. The Morgan fingerprint density at radius 2 is 2.05 bits per heavy atom. The Kier molecular flexibility index (Phi) is 5.68. The van der Waals surface area contributed by atoms with Crippen molar-refractivity contribution in [2.24, 2.45) is 5.73 Å². The van der Waals surface area contributed by atoms with Crippen LogP contribution in [0.5, 0.6) is 0 Å². The van der Waals surface area contributed by atoms with Crippen LogP contribution in [-0.4, -0.2) is 49.1 Å². The molecule has 1 aromatic carbocycles. The SMILES string of the molecule is C=CCNC(=O)NC(=O)CN1C[C@@H](N)[C@H](c2ccccc2)C1. The molecule has 0 unspecified atom stereocenters. The second-order valence-corrected chi connectivity index (χ2v) is 5.42. The number of carbonyl (C=O) groups is 2. The van der Waals surface area contributed by atoms with Gasteiger partial charge < -0.3 is 11.1 Å². The van der Waals surface area contributed by atoms with Gasteiger partial charge in [0, 0.05) is 31.6 Å². The lowest BCUT2D eigenvalue weighted by Gasteiger charge is -2.15. The molecule has 1 aromatic rings. The lowest BCUT2D eigenvalue weighted by molar-refractivity contribution is -0.120. The minimum absolute atomic E-state index is 0.00945. The van der Waals surface area contributed by atoms with Gasteiger partial charge in [-0.25, -0.2) is 4.79 Å². The predicted molar refractivity (Wildman–Crippen MR) is 85.3 cm³/mol. The van der Waals surface area contributed by atoms with Crippen molar-refractivity contribution in [1.29, 1.82) is 0 Å². The van der Waals surface area contributed by atoms with Gasteiger partial charge in [-0.15, -0.1) is 6.58 Å². The number of nitrogens with zero attached hydrogens (tertiary/aromatic N) is 1. The summed E-state index contributed by atoms with van der Waals surface area (Å²) < 4.78 is 0. The Labute approximate surface area is 130 Å². The molecule has 0 bridgehead atoms. The zero-order valence-electron chi connectivity index (χ0n) is 12.5. The molecule has 6 heteroatoms. The third-order valence-corrected chi connectivity index (χ3v) is 3.70. The van der Waals surface area contributed by atoms with Crippen LogP contribution < -0.4 is 16.4 Å². The van der Waals surface area contributed by atoms with E-state index in [0.29, 0.717) is 19.6 Å². The fourth-order valence-electron chi connectivity index (χ4n) is 2.67. The molecule has 1 heterocycles. The molecule has 0 aliphatic carbocycles. The van der Waals surface area contributed by atoms with Crippen molar-refractivity contribution in [2.45, 2.75) is 12.0 Å². The number of hydrogen-bond donors (Lipinski definition) is 3. The number of imide groups is 1. The smallest absolute Gasteiger partial charge is 0.321 e. The average Bonchev–Trinajstić information content (AvgIpc) is 2.86. The molecular weight excluding hydrogens is 280 g/mol. The number of carbonyl (C=O) groups excluding carboxylic acids is 2. The number of nitrogens with one attached hydrogen (secondary N) is 2. The maximum atomic E-state index is 11.8. The summed E-state index contributed by atoms with van der Waals surface area (Å²) in [5.41, 5.74) is 7.36. The summed E-state index contributed by atoms with van der Waals surface area (Å²) in [6.07, 6.45) is 1.55. The highest BCUT2D eigenvalue weighted by molar-refractivity contribution is 5.95. The number of likely N-dealkylation sites (tertiary alicyclic amines) is 1. The number of benzene rings is 1. The number of hydrogen-bond acceptors (Lipinski definition) is 4. The number of amides is 3. The first kappa shape index (κ1) is 16.2. The van der Waals surface area contributed by atoms with Crippen molar-refractivity contribution in [3.05, 3.63) is 48.6 Å². The van der Waals surface area contributed by atoms with E-state index in [1.54, 1.807) is 6.08 Å². The molecule has 0 aromatic heterocycles. The zero-order valence-corrected chi connectivity index (χ0v) is 12.5. The molecule has 1 fully saturated rings. The standard InChI is InChI=1S/C16H22N4O2/c1-2-8-18-16(22)19-15(21)11-20-9-13(14(17)10-20)12-6-4-3-5-7-12/h2-7,13-14H,1,8-11,17H2,(H2,18,19,21,22)/t13-,14+/m0/s1. The van der Waals surface area contributed by atoms with E-state index in [0.717, 1.165) is 0 Å². The summed E-state index contributed by atoms with van der Waals surface area (Å²) >= 11 is 0. The second kappa shape index (κ2) is 7.72. The van der Waals surface area contributed by atoms with E-state index in [1.807, 2.05) is 23.1 Å². The summed E-state index contributed by atoms with van der Waals surface area (Å²) in [6, 6.07) is 9.53. The lowest BCUT2D eigenvalue weighted by Crippen LogP contribution is -2.44. The molecule has 22 heavy (non-hydrogen) atoms. The molecule has 0 spiro atoms. The van der Waals surface area contributed by atoms with Gasteiger partial charge in [0.25, 0.3) is 0 Å². The van der Waals surface area contributed by atoms with Gasteiger partial charge in [0.2, 0.25) is 5.91 Å². The fraction of sp³-hybridized carbons (Fsp3) is 0.375. The van der Waals surface area contributed by atoms with Crippen LogP contribution in [0.2, 0.25) is 0 Å². The molecule has 0 saturated carbocycles. The average molecular weight is 302 g/mol. The van der Waals surface area contributed by atoms with Crippen LogP contribution in [0.4, 0.5) is 4.79 Å². The normalized spacial score (nSPS) is 21.3. The molecule has 0 radical (unpaired) electrons. The van der Waals surface area contributed by atoms with Gasteiger partial charge in [0.1, 0.15) is 0 Å². The van der Waals surface area contributed by atoms with Crippen LogP contribution in [0, 0.1) is 0 Å². The van der Waals surface area contributed by atoms with Gasteiger partial charge in [0.15, 0.2) is 0 Å². The van der Waals surface area contributed by atoms with Gasteiger partial charge in [0.05, 0.1) is 6.54 Å². The van der Waals surface area contributed by atoms with Crippen LogP contribution >= 0.6 is 0 Å². The zero-order chi connectivity index (χ0) is 15.9. The minimum Gasteiger partial charge on any atom is -0.334 e. The van der Waals surface area contributed by atoms with Crippen molar-refractivity contribution < 1.29 is 9.59 Å². The molecule has 3 amide bonds. The van der Waals surface area contributed by atoms with E-state index < -0.39 is 6.03 Å². The highest BCUT2D eigenvalue weighted by atomic mass is 16.2. The van der Waals surface area contributed by atoms with Gasteiger partial charge in [-0.3, -0.25) is 15.0 Å². The molecule has 4 N–H and O–H groups in total. The number of rotatable bonds is 5. The molecule has 1 aliphatic rings. The van der Waals surface area contributed by atoms with Crippen molar-refractivity contribution in [3.63, 3.8) is 0 Å². The number of nitrogens with two attached hydrogens (primary N) is 1. The van der Waals surface area contributed by atoms with Gasteiger partial charge in [-0.1, -0.05) is 36.4 Å². The van der Waals surface area contributed by atoms with Gasteiger partial charge in [-0.05, 0) is 5.56 Å². The third-order valence-electron chi connectivity index (χ3n) is 3.70.